The summed E-state index contributed by atoms with van der Waals surface area (Å²) >= 11 is 0. The van der Waals surface area contributed by atoms with Crippen LogP contribution in [0.15, 0.2) is 83.8 Å². The number of benzene rings is 3. The molecule has 2 atom stereocenters. The van der Waals surface area contributed by atoms with Gasteiger partial charge in [0.25, 0.3) is 10.0 Å². The summed E-state index contributed by atoms with van der Waals surface area (Å²) in [5, 5.41) is 2.92. The average molecular weight is 568 g/mol. The van der Waals surface area contributed by atoms with Gasteiger partial charge in [-0.1, -0.05) is 43.3 Å². The SMILES string of the molecule is CC[C@@H](C)NC(=O)[C@@H](C)N(Cc1ccc(OC)cc1)C(=O)CN(c1cccc(OC)c1)S(=O)(=O)c1ccccc1. The van der Waals surface area contributed by atoms with E-state index in [-0.39, 0.29) is 29.1 Å². The molecule has 0 aliphatic heterocycles. The number of carbonyl (C=O) groups is 2. The van der Waals surface area contributed by atoms with Gasteiger partial charge in [0.15, 0.2) is 0 Å². The lowest BCUT2D eigenvalue weighted by molar-refractivity contribution is -0.139. The number of ether oxygens (including phenoxy) is 2. The van der Waals surface area contributed by atoms with Gasteiger partial charge in [-0.3, -0.25) is 13.9 Å². The fraction of sp³-hybridized carbons (Fsp3) is 0.333. The molecule has 0 saturated heterocycles. The zero-order valence-electron chi connectivity index (χ0n) is 23.5. The lowest BCUT2D eigenvalue weighted by Gasteiger charge is -2.32. The Labute approximate surface area is 236 Å². The number of rotatable bonds is 13. The van der Waals surface area contributed by atoms with Gasteiger partial charge in [0.2, 0.25) is 11.8 Å². The Morgan fingerprint density at radius 2 is 1.52 bits per heavy atom. The van der Waals surface area contributed by atoms with E-state index in [0.29, 0.717) is 11.5 Å². The van der Waals surface area contributed by atoms with Gasteiger partial charge >= 0.3 is 0 Å². The zero-order valence-corrected chi connectivity index (χ0v) is 24.4. The fourth-order valence-electron chi connectivity index (χ4n) is 3.99. The molecule has 0 spiro atoms. The summed E-state index contributed by atoms with van der Waals surface area (Å²) in [5.41, 5.74) is 1.02. The lowest BCUT2D eigenvalue weighted by Crippen LogP contribution is -2.52. The van der Waals surface area contributed by atoms with E-state index in [1.54, 1.807) is 80.8 Å². The highest BCUT2D eigenvalue weighted by atomic mass is 32.2. The first-order valence-corrected chi connectivity index (χ1v) is 14.5. The molecule has 0 heterocycles. The van der Waals surface area contributed by atoms with Crippen LogP contribution in [-0.4, -0.2) is 58.0 Å². The number of sulfonamides is 1. The van der Waals surface area contributed by atoms with Crippen LogP contribution in [0.2, 0.25) is 0 Å². The topological polar surface area (TPSA) is 105 Å². The average Bonchev–Trinajstić information content (AvgIpc) is 2.98. The number of nitrogens with zero attached hydrogens (tertiary/aromatic N) is 2. The first-order valence-electron chi connectivity index (χ1n) is 13.0. The molecule has 40 heavy (non-hydrogen) atoms. The lowest BCUT2D eigenvalue weighted by atomic mass is 10.1. The Morgan fingerprint density at radius 3 is 2.12 bits per heavy atom. The number of amides is 2. The molecular weight excluding hydrogens is 530 g/mol. The number of nitrogens with one attached hydrogen (secondary N) is 1. The van der Waals surface area contributed by atoms with Crippen LogP contribution in [0.25, 0.3) is 0 Å². The molecule has 0 unspecified atom stereocenters. The summed E-state index contributed by atoms with van der Waals surface area (Å²) in [5.74, 6) is 0.233. The molecule has 0 bridgehead atoms. The molecule has 0 aliphatic carbocycles. The molecule has 2 amide bonds. The predicted octanol–water partition coefficient (Wildman–Crippen LogP) is 4.23. The number of methoxy groups -OCH3 is 2. The predicted molar refractivity (Wildman–Crippen MR) is 155 cm³/mol. The van der Waals surface area contributed by atoms with Gasteiger partial charge in [0.05, 0.1) is 24.8 Å². The van der Waals surface area contributed by atoms with Crippen LogP contribution in [0, 0.1) is 0 Å². The maximum Gasteiger partial charge on any atom is 0.264 e. The molecular formula is C30H37N3O6S. The summed E-state index contributed by atoms with van der Waals surface area (Å²) < 4.78 is 39.3. The van der Waals surface area contributed by atoms with E-state index >= 15 is 0 Å². The third-order valence-electron chi connectivity index (χ3n) is 6.63. The van der Waals surface area contributed by atoms with Crippen LogP contribution in [0.3, 0.4) is 0 Å². The van der Waals surface area contributed by atoms with Crippen molar-refractivity contribution in [2.24, 2.45) is 0 Å². The fourth-order valence-corrected chi connectivity index (χ4v) is 5.42. The van der Waals surface area contributed by atoms with Gasteiger partial charge < -0.3 is 19.7 Å². The quantitative estimate of drug-likeness (QED) is 0.332. The zero-order chi connectivity index (χ0) is 29.3. The normalized spacial score (nSPS) is 12.6. The number of hydrogen-bond acceptors (Lipinski definition) is 6. The van der Waals surface area contributed by atoms with E-state index in [2.05, 4.69) is 5.32 Å². The van der Waals surface area contributed by atoms with Crippen LogP contribution in [-0.2, 0) is 26.2 Å². The van der Waals surface area contributed by atoms with E-state index in [0.717, 1.165) is 16.3 Å². The van der Waals surface area contributed by atoms with Crippen molar-refractivity contribution in [1.29, 1.82) is 0 Å². The molecule has 0 saturated carbocycles. The summed E-state index contributed by atoms with van der Waals surface area (Å²) in [6.45, 7) is 5.05. The van der Waals surface area contributed by atoms with E-state index < -0.39 is 28.5 Å². The van der Waals surface area contributed by atoms with Crippen LogP contribution in [0.4, 0.5) is 5.69 Å². The second-order valence-electron chi connectivity index (χ2n) is 9.39. The molecule has 9 nitrogen and oxygen atoms in total. The molecule has 3 aromatic rings. The highest BCUT2D eigenvalue weighted by molar-refractivity contribution is 7.92. The van der Waals surface area contributed by atoms with Crippen molar-refractivity contribution in [2.75, 3.05) is 25.1 Å². The highest BCUT2D eigenvalue weighted by Gasteiger charge is 2.33. The first kappa shape index (κ1) is 30.5. The Morgan fingerprint density at radius 1 is 0.875 bits per heavy atom. The van der Waals surface area contributed by atoms with Gasteiger partial charge in [0, 0.05) is 18.7 Å². The first-order chi connectivity index (χ1) is 19.1. The van der Waals surface area contributed by atoms with Gasteiger partial charge in [0.1, 0.15) is 24.1 Å². The largest absolute Gasteiger partial charge is 0.497 e. The third kappa shape index (κ3) is 7.53. The molecule has 1 N–H and O–H groups in total. The van der Waals surface area contributed by atoms with Crippen molar-refractivity contribution in [3.63, 3.8) is 0 Å². The molecule has 3 rings (SSSR count). The van der Waals surface area contributed by atoms with E-state index in [9.17, 15) is 18.0 Å². The molecule has 10 heteroatoms. The van der Waals surface area contributed by atoms with Crippen molar-refractivity contribution in [3.05, 3.63) is 84.4 Å². The van der Waals surface area contributed by atoms with E-state index in [1.165, 1.54) is 24.1 Å². The van der Waals surface area contributed by atoms with Gasteiger partial charge in [-0.05, 0) is 62.2 Å². The van der Waals surface area contributed by atoms with E-state index in [1.807, 2.05) is 13.8 Å². The smallest absolute Gasteiger partial charge is 0.264 e. The van der Waals surface area contributed by atoms with Crippen LogP contribution >= 0.6 is 0 Å². The van der Waals surface area contributed by atoms with Crippen LogP contribution < -0.4 is 19.1 Å². The molecule has 0 aliphatic rings. The Kier molecular flexibility index (Phi) is 10.6. The minimum absolute atomic E-state index is 0.0369. The molecule has 0 aromatic heterocycles. The van der Waals surface area contributed by atoms with Crippen molar-refractivity contribution >= 4 is 27.5 Å². The number of hydrogen-bond donors (Lipinski definition) is 1. The molecule has 0 fully saturated rings. The van der Waals surface area contributed by atoms with Gasteiger partial charge in [-0.15, -0.1) is 0 Å². The molecule has 214 valence electrons. The number of carbonyl (C=O) groups excluding carboxylic acids is 2. The maximum atomic E-state index is 14.0. The standard InChI is InChI=1S/C30H37N3O6S/c1-6-22(2)31-30(35)23(3)32(20-24-15-17-26(38-4)18-16-24)29(34)21-33(25-11-10-12-27(19-25)39-5)40(36,37)28-13-8-7-9-14-28/h7-19,22-23H,6,20-21H2,1-5H3,(H,31,35)/t22-,23-/m1/s1. The summed E-state index contributed by atoms with van der Waals surface area (Å²) in [6.07, 6.45) is 0.726. The minimum atomic E-state index is -4.15. The Bertz CT molecular complexity index is 1380. The van der Waals surface area contributed by atoms with Gasteiger partial charge in [-0.2, -0.15) is 0 Å². The maximum absolute atomic E-state index is 14.0. The monoisotopic (exact) mass is 567 g/mol. The van der Waals surface area contributed by atoms with Crippen molar-refractivity contribution in [3.8, 4) is 11.5 Å². The summed E-state index contributed by atoms with van der Waals surface area (Å²) in [7, 11) is -1.10. The highest BCUT2D eigenvalue weighted by Crippen LogP contribution is 2.27. The second kappa shape index (κ2) is 13.8. The second-order valence-corrected chi connectivity index (χ2v) is 11.3. The Hall–Kier alpha value is -4.05. The van der Waals surface area contributed by atoms with Crippen molar-refractivity contribution < 1.29 is 27.5 Å². The van der Waals surface area contributed by atoms with Crippen molar-refractivity contribution in [2.45, 2.75) is 50.7 Å². The Balaban J connectivity index is 2.02. The molecule has 3 aromatic carbocycles. The minimum Gasteiger partial charge on any atom is -0.497 e. The van der Waals surface area contributed by atoms with Crippen molar-refractivity contribution in [1.82, 2.24) is 10.2 Å². The molecule has 0 radical (unpaired) electrons. The number of anilines is 1. The van der Waals surface area contributed by atoms with Crippen LogP contribution in [0.5, 0.6) is 11.5 Å². The summed E-state index contributed by atoms with van der Waals surface area (Å²) in [4.78, 5) is 28.5. The van der Waals surface area contributed by atoms with E-state index in [4.69, 9.17) is 9.47 Å². The van der Waals surface area contributed by atoms with Gasteiger partial charge in [-0.25, -0.2) is 8.42 Å². The van der Waals surface area contributed by atoms with Crippen LogP contribution in [0.1, 0.15) is 32.8 Å². The third-order valence-corrected chi connectivity index (χ3v) is 8.42. The summed E-state index contributed by atoms with van der Waals surface area (Å²) in [6, 6.07) is 20.6.